The average molecular weight is 431 g/mol. The molecule has 31 heavy (non-hydrogen) atoms. The van der Waals surface area contributed by atoms with Crippen LogP contribution in [0.4, 0.5) is 4.79 Å². The first-order valence-corrected chi connectivity index (χ1v) is 10.6. The first kappa shape index (κ1) is 22.7. The summed E-state index contributed by atoms with van der Waals surface area (Å²) in [6, 6.07) is 7.24. The monoisotopic (exact) mass is 431 g/mol. The van der Waals surface area contributed by atoms with Crippen molar-refractivity contribution in [2.45, 2.75) is 44.8 Å². The number of carboxylic acids is 1. The van der Waals surface area contributed by atoms with E-state index in [1.54, 1.807) is 0 Å². The topological polar surface area (TPSA) is 111 Å². The second kappa shape index (κ2) is 9.85. The lowest BCUT2D eigenvalue weighted by molar-refractivity contribution is -0.154. The third-order valence-electron chi connectivity index (χ3n) is 5.98. The van der Waals surface area contributed by atoms with Gasteiger partial charge in [-0.15, -0.1) is 0 Å². The SMILES string of the molecule is C=CCOC(=O)NC1(C(=O)OCc2ccc(OCCCC)cc2)CCC2C(C(=O)O)C21. The van der Waals surface area contributed by atoms with Gasteiger partial charge in [0.05, 0.1) is 12.5 Å². The van der Waals surface area contributed by atoms with Crippen molar-refractivity contribution in [3.63, 3.8) is 0 Å². The summed E-state index contributed by atoms with van der Waals surface area (Å²) in [6.07, 6.45) is 3.50. The summed E-state index contributed by atoms with van der Waals surface area (Å²) in [5.74, 6) is -2.17. The minimum atomic E-state index is -1.39. The van der Waals surface area contributed by atoms with Gasteiger partial charge in [0, 0.05) is 5.92 Å². The number of alkyl carbamates (subject to hydrolysis) is 1. The lowest BCUT2D eigenvalue weighted by Crippen LogP contribution is -2.56. The molecule has 0 spiro atoms. The average Bonchev–Trinajstić information content (AvgIpc) is 3.40. The van der Waals surface area contributed by atoms with Crippen LogP contribution >= 0.6 is 0 Å². The Morgan fingerprint density at radius 3 is 2.61 bits per heavy atom. The summed E-state index contributed by atoms with van der Waals surface area (Å²) in [5.41, 5.74) is -0.629. The van der Waals surface area contributed by atoms with Gasteiger partial charge in [-0.05, 0) is 42.9 Å². The standard InChI is InChI=1S/C23H29NO7/c1-3-5-13-29-16-8-6-15(7-9-16)14-31-21(27)23(24-22(28)30-12-4-2)11-10-17-18(19(17)23)20(25)26/h4,6-9,17-19H,2-3,5,10-14H2,1H3,(H,24,28)(H,25,26). The fourth-order valence-corrected chi connectivity index (χ4v) is 4.38. The van der Waals surface area contributed by atoms with Gasteiger partial charge >= 0.3 is 18.0 Å². The first-order valence-electron chi connectivity index (χ1n) is 10.6. The zero-order valence-corrected chi connectivity index (χ0v) is 17.7. The quantitative estimate of drug-likeness (QED) is 0.314. The number of benzene rings is 1. The Bertz CT molecular complexity index is 822. The molecule has 0 radical (unpaired) electrons. The molecule has 168 valence electrons. The van der Waals surface area contributed by atoms with Gasteiger partial charge in [-0.25, -0.2) is 9.59 Å². The van der Waals surface area contributed by atoms with Gasteiger partial charge in [0.2, 0.25) is 0 Å². The molecular weight excluding hydrogens is 402 g/mol. The molecule has 8 heteroatoms. The van der Waals surface area contributed by atoms with Crippen molar-refractivity contribution in [1.82, 2.24) is 5.32 Å². The second-order valence-corrected chi connectivity index (χ2v) is 8.00. The van der Waals surface area contributed by atoms with E-state index in [0.29, 0.717) is 19.4 Å². The number of esters is 1. The molecule has 2 aliphatic carbocycles. The molecule has 0 bridgehead atoms. The van der Waals surface area contributed by atoms with Crippen LogP contribution in [0.15, 0.2) is 36.9 Å². The molecule has 4 atom stereocenters. The van der Waals surface area contributed by atoms with E-state index < -0.39 is 35.4 Å². The number of rotatable bonds is 11. The maximum Gasteiger partial charge on any atom is 0.408 e. The number of carbonyl (C=O) groups excluding carboxylic acids is 2. The molecule has 3 rings (SSSR count). The maximum absolute atomic E-state index is 13.1. The van der Waals surface area contributed by atoms with E-state index in [2.05, 4.69) is 18.8 Å². The van der Waals surface area contributed by atoms with Crippen LogP contribution in [0.3, 0.4) is 0 Å². The molecular formula is C23H29NO7. The highest BCUT2D eigenvalue weighted by Gasteiger charge is 2.72. The number of carbonyl (C=O) groups is 3. The molecule has 2 N–H and O–H groups in total. The van der Waals surface area contributed by atoms with Gasteiger partial charge in [-0.3, -0.25) is 4.79 Å². The zero-order valence-electron chi connectivity index (χ0n) is 17.7. The van der Waals surface area contributed by atoms with E-state index in [0.717, 1.165) is 24.2 Å². The Kier molecular flexibility index (Phi) is 7.20. The fourth-order valence-electron chi connectivity index (χ4n) is 4.38. The van der Waals surface area contributed by atoms with E-state index in [1.807, 2.05) is 24.3 Å². The number of hydrogen-bond donors (Lipinski definition) is 2. The molecule has 2 aliphatic rings. The summed E-state index contributed by atoms with van der Waals surface area (Å²) in [6.45, 7) is 6.22. The van der Waals surface area contributed by atoms with Crippen molar-refractivity contribution in [3.8, 4) is 5.75 Å². The van der Waals surface area contributed by atoms with Crippen LogP contribution < -0.4 is 10.1 Å². The van der Waals surface area contributed by atoms with E-state index >= 15 is 0 Å². The molecule has 1 amide bonds. The fraction of sp³-hybridized carbons (Fsp3) is 0.522. The number of aliphatic carboxylic acids is 1. The summed E-state index contributed by atoms with van der Waals surface area (Å²) < 4.78 is 16.1. The van der Waals surface area contributed by atoms with E-state index in [9.17, 15) is 19.5 Å². The lowest BCUT2D eigenvalue weighted by Gasteiger charge is -2.30. The Morgan fingerprint density at radius 2 is 2.00 bits per heavy atom. The van der Waals surface area contributed by atoms with Gasteiger partial charge in [0.15, 0.2) is 0 Å². The number of unbranched alkanes of at least 4 members (excludes halogenated alkanes) is 1. The number of hydrogen-bond acceptors (Lipinski definition) is 6. The third kappa shape index (κ3) is 5.00. The van der Waals surface area contributed by atoms with Crippen LogP contribution in [-0.4, -0.2) is 41.9 Å². The molecule has 8 nitrogen and oxygen atoms in total. The van der Waals surface area contributed by atoms with Gasteiger partial charge in [0.1, 0.15) is 24.5 Å². The summed E-state index contributed by atoms with van der Waals surface area (Å²) in [7, 11) is 0. The van der Waals surface area contributed by atoms with Crippen molar-refractivity contribution in [2.75, 3.05) is 13.2 Å². The Labute approximate surface area is 181 Å². The Hall–Kier alpha value is -3.03. The van der Waals surface area contributed by atoms with Crippen LogP contribution in [0, 0.1) is 17.8 Å². The van der Waals surface area contributed by atoms with Crippen molar-refractivity contribution < 1.29 is 33.7 Å². The second-order valence-electron chi connectivity index (χ2n) is 8.00. The molecule has 0 saturated heterocycles. The molecule has 4 unspecified atom stereocenters. The number of nitrogens with one attached hydrogen (secondary N) is 1. The number of carboxylic acid groups (broad SMARTS) is 1. The number of fused-ring (bicyclic) bond motifs is 1. The highest BCUT2D eigenvalue weighted by molar-refractivity contribution is 5.90. The number of amides is 1. The van der Waals surface area contributed by atoms with E-state index in [4.69, 9.17) is 14.2 Å². The van der Waals surface area contributed by atoms with Crippen LogP contribution in [0.1, 0.15) is 38.2 Å². The van der Waals surface area contributed by atoms with Crippen molar-refractivity contribution in [1.29, 1.82) is 0 Å². The van der Waals surface area contributed by atoms with Crippen molar-refractivity contribution >= 4 is 18.0 Å². The van der Waals surface area contributed by atoms with Crippen LogP contribution in [0.2, 0.25) is 0 Å². The van der Waals surface area contributed by atoms with Crippen LogP contribution in [-0.2, 0) is 25.7 Å². The molecule has 2 fully saturated rings. The Morgan fingerprint density at radius 1 is 1.26 bits per heavy atom. The van der Waals surface area contributed by atoms with Gasteiger partial charge in [-0.1, -0.05) is 38.1 Å². The smallest absolute Gasteiger partial charge is 0.408 e. The molecule has 1 aromatic carbocycles. The van der Waals surface area contributed by atoms with Gasteiger partial charge in [-0.2, -0.15) is 0 Å². The largest absolute Gasteiger partial charge is 0.494 e. The van der Waals surface area contributed by atoms with Crippen molar-refractivity contribution in [3.05, 3.63) is 42.5 Å². The summed E-state index contributed by atoms with van der Waals surface area (Å²) >= 11 is 0. The highest BCUT2D eigenvalue weighted by Crippen LogP contribution is 2.62. The van der Waals surface area contributed by atoms with Gasteiger partial charge < -0.3 is 24.6 Å². The van der Waals surface area contributed by atoms with E-state index in [1.165, 1.54) is 6.08 Å². The molecule has 0 aromatic heterocycles. The molecule has 0 heterocycles. The molecule has 0 aliphatic heterocycles. The van der Waals surface area contributed by atoms with E-state index in [-0.39, 0.29) is 19.1 Å². The van der Waals surface area contributed by atoms with Gasteiger partial charge in [0.25, 0.3) is 0 Å². The minimum absolute atomic E-state index is 0.00827. The Balaban J connectivity index is 1.64. The molecule has 2 saturated carbocycles. The summed E-state index contributed by atoms with van der Waals surface area (Å²) in [5, 5.41) is 12.0. The predicted molar refractivity (Wildman–Crippen MR) is 111 cm³/mol. The lowest BCUT2D eigenvalue weighted by atomic mass is 9.90. The first-order chi connectivity index (χ1) is 14.9. The van der Waals surface area contributed by atoms with Crippen molar-refractivity contribution in [2.24, 2.45) is 17.8 Å². The summed E-state index contributed by atoms with van der Waals surface area (Å²) in [4.78, 5) is 36.8. The zero-order chi connectivity index (χ0) is 22.4. The normalized spacial score (nSPS) is 25.8. The molecule has 1 aromatic rings. The number of ether oxygens (including phenoxy) is 3. The third-order valence-corrected chi connectivity index (χ3v) is 5.98. The van der Waals surface area contributed by atoms with Crippen LogP contribution in [0.5, 0.6) is 5.75 Å². The van der Waals surface area contributed by atoms with Crippen LogP contribution in [0.25, 0.3) is 0 Å². The maximum atomic E-state index is 13.1. The minimum Gasteiger partial charge on any atom is -0.494 e. The predicted octanol–water partition coefficient (Wildman–Crippen LogP) is 3.30. The highest BCUT2D eigenvalue weighted by atomic mass is 16.6.